The molecular weight excluding hydrogens is 498 g/mol. The standard InChI is InChI=1S/C22H18BrN3O5S/c23-18-11-12-20(31-22(28)16-7-3-1-4-8-16)17(13-18)14-24-26-21(27)15-25-32(29,30)19-9-5-2-6-10-19/h1-14,25H,15H2,(H,26,27). The van der Waals surface area contributed by atoms with Crippen LogP contribution in [-0.4, -0.2) is 33.1 Å². The summed E-state index contributed by atoms with van der Waals surface area (Å²) in [5.41, 5.74) is 3.05. The van der Waals surface area contributed by atoms with Crippen LogP contribution in [-0.2, 0) is 14.8 Å². The third kappa shape index (κ3) is 6.58. The number of sulfonamides is 1. The summed E-state index contributed by atoms with van der Waals surface area (Å²) in [5.74, 6) is -0.967. The molecule has 3 aromatic carbocycles. The number of hydrogen-bond donors (Lipinski definition) is 2. The largest absolute Gasteiger partial charge is 0.422 e. The van der Waals surface area contributed by atoms with Gasteiger partial charge in [0.15, 0.2) is 0 Å². The molecule has 0 aliphatic rings. The van der Waals surface area contributed by atoms with Crippen molar-refractivity contribution < 1.29 is 22.7 Å². The van der Waals surface area contributed by atoms with Gasteiger partial charge in [0.1, 0.15) is 5.75 Å². The van der Waals surface area contributed by atoms with Gasteiger partial charge in [-0.2, -0.15) is 5.10 Å². The topological polar surface area (TPSA) is 114 Å². The van der Waals surface area contributed by atoms with Crippen LogP contribution in [0.25, 0.3) is 0 Å². The van der Waals surface area contributed by atoms with Gasteiger partial charge in [-0.25, -0.2) is 23.4 Å². The molecule has 2 N–H and O–H groups in total. The highest BCUT2D eigenvalue weighted by Crippen LogP contribution is 2.23. The first-order valence-corrected chi connectivity index (χ1v) is 11.6. The van der Waals surface area contributed by atoms with E-state index in [0.717, 1.165) is 0 Å². The molecule has 1 amide bonds. The van der Waals surface area contributed by atoms with Crippen molar-refractivity contribution in [2.75, 3.05) is 6.54 Å². The van der Waals surface area contributed by atoms with E-state index in [9.17, 15) is 18.0 Å². The maximum atomic E-state index is 12.3. The zero-order valence-electron chi connectivity index (χ0n) is 16.6. The molecule has 0 bridgehead atoms. The predicted molar refractivity (Wildman–Crippen MR) is 123 cm³/mol. The molecule has 0 aliphatic heterocycles. The Morgan fingerprint density at radius 3 is 2.31 bits per heavy atom. The van der Waals surface area contributed by atoms with E-state index >= 15 is 0 Å². The number of rotatable bonds is 8. The number of nitrogens with zero attached hydrogens (tertiary/aromatic N) is 1. The third-order valence-electron chi connectivity index (χ3n) is 4.05. The molecule has 0 aromatic heterocycles. The molecule has 0 radical (unpaired) electrons. The molecule has 0 fully saturated rings. The molecule has 164 valence electrons. The second-order valence-electron chi connectivity index (χ2n) is 6.37. The molecule has 8 nitrogen and oxygen atoms in total. The molecule has 0 unspecified atom stereocenters. The van der Waals surface area contributed by atoms with Crippen molar-refractivity contribution in [2.24, 2.45) is 5.10 Å². The summed E-state index contributed by atoms with van der Waals surface area (Å²) < 4.78 is 32.6. The van der Waals surface area contributed by atoms with Crippen LogP contribution in [0.5, 0.6) is 5.75 Å². The van der Waals surface area contributed by atoms with Gasteiger partial charge < -0.3 is 4.74 Å². The molecule has 0 atom stereocenters. The first-order valence-electron chi connectivity index (χ1n) is 9.28. The maximum absolute atomic E-state index is 12.3. The van der Waals surface area contributed by atoms with Gasteiger partial charge >= 0.3 is 5.97 Å². The number of hydrazone groups is 1. The van der Waals surface area contributed by atoms with Crippen LogP contribution in [0, 0.1) is 0 Å². The Bertz CT molecular complexity index is 1230. The van der Waals surface area contributed by atoms with Crippen molar-refractivity contribution in [1.29, 1.82) is 0 Å². The number of nitrogens with one attached hydrogen (secondary N) is 2. The molecule has 0 heterocycles. The van der Waals surface area contributed by atoms with Gasteiger partial charge in [-0.3, -0.25) is 4.79 Å². The van der Waals surface area contributed by atoms with Crippen LogP contribution in [0.3, 0.4) is 0 Å². The van der Waals surface area contributed by atoms with E-state index in [4.69, 9.17) is 4.74 Å². The number of ether oxygens (including phenoxy) is 1. The Morgan fingerprint density at radius 1 is 0.969 bits per heavy atom. The summed E-state index contributed by atoms with van der Waals surface area (Å²) in [5, 5.41) is 3.83. The fraction of sp³-hybridized carbons (Fsp3) is 0.0455. The van der Waals surface area contributed by atoms with Crippen LogP contribution in [0.2, 0.25) is 0 Å². The van der Waals surface area contributed by atoms with Crippen molar-refractivity contribution in [3.63, 3.8) is 0 Å². The van der Waals surface area contributed by atoms with Gasteiger partial charge in [-0.1, -0.05) is 52.3 Å². The number of amides is 1. The number of benzene rings is 3. The van der Waals surface area contributed by atoms with E-state index in [1.54, 1.807) is 66.7 Å². The van der Waals surface area contributed by atoms with Gasteiger partial charge in [0, 0.05) is 10.0 Å². The molecule has 32 heavy (non-hydrogen) atoms. The molecule has 0 spiro atoms. The number of halogens is 1. The Hall–Kier alpha value is -3.34. The van der Waals surface area contributed by atoms with Crippen LogP contribution in [0.4, 0.5) is 0 Å². The number of carbonyl (C=O) groups is 2. The lowest BCUT2D eigenvalue weighted by Gasteiger charge is -2.08. The van der Waals surface area contributed by atoms with Gasteiger partial charge in [0.2, 0.25) is 10.0 Å². The van der Waals surface area contributed by atoms with E-state index in [2.05, 4.69) is 31.2 Å². The minimum Gasteiger partial charge on any atom is -0.422 e. The van der Waals surface area contributed by atoms with E-state index in [1.807, 2.05) is 0 Å². The number of hydrogen-bond acceptors (Lipinski definition) is 6. The summed E-state index contributed by atoms with van der Waals surface area (Å²) in [6.07, 6.45) is 1.29. The van der Waals surface area contributed by atoms with Crippen LogP contribution in [0.1, 0.15) is 15.9 Å². The zero-order chi connectivity index (χ0) is 23.0. The minimum atomic E-state index is -3.81. The van der Waals surface area contributed by atoms with E-state index < -0.39 is 28.4 Å². The Labute approximate surface area is 193 Å². The molecule has 10 heteroatoms. The third-order valence-corrected chi connectivity index (χ3v) is 5.96. The van der Waals surface area contributed by atoms with Crippen molar-refractivity contribution in [3.05, 3.63) is 94.5 Å². The van der Waals surface area contributed by atoms with Gasteiger partial charge in [-0.05, 0) is 42.5 Å². The average Bonchev–Trinajstić information content (AvgIpc) is 2.80. The Kier molecular flexibility index (Phi) is 7.87. The monoisotopic (exact) mass is 515 g/mol. The van der Waals surface area contributed by atoms with Crippen molar-refractivity contribution >= 4 is 44.0 Å². The maximum Gasteiger partial charge on any atom is 0.343 e. The smallest absolute Gasteiger partial charge is 0.343 e. The van der Waals surface area contributed by atoms with Gasteiger partial charge in [0.05, 0.1) is 23.2 Å². The zero-order valence-corrected chi connectivity index (χ0v) is 19.0. The lowest BCUT2D eigenvalue weighted by molar-refractivity contribution is -0.119. The second kappa shape index (κ2) is 10.8. The quantitative estimate of drug-likeness (QED) is 0.207. The summed E-state index contributed by atoms with van der Waals surface area (Å²) in [6.45, 7) is -0.497. The van der Waals surface area contributed by atoms with Gasteiger partial charge in [0.25, 0.3) is 5.91 Å². The Morgan fingerprint density at radius 2 is 1.62 bits per heavy atom. The molecule has 3 aromatic rings. The van der Waals surface area contributed by atoms with Crippen LogP contribution < -0.4 is 14.9 Å². The number of carbonyl (C=O) groups excluding carboxylic acids is 2. The van der Waals surface area contributed by atoms with Crippen LogP contribution in [0.15, 0.2) is 93.3 Å². The predicted octanol–water partition coefficient (Wildman–Crippen LogP) is 3.10. The summed E-state index contributed by atoms with van der Waals surface area (Å²) >= 11 is 3.33. The normalized spacial score (nSPS) is 11.3. The summed E-state index contributed by atoms with van der Waals surface area (Å²) in [4.78, 5) is 24.3. The Balaban J connectivity index is 1.61. The molecule has 0 aliphatic carbocycles. The lowest BCUT2D eigenvalue weighted by atomic mass is 10.2. The fourth-order valence-corrected chi connectivity index (χ4v) is 3.89. The molecule has 0 saturated heterocycles. The van der Waals surface area contributed by atoms with E-state index in [1.165, 1.54) is 18.3 Å². The second-order valence-corrected chi connectivity index (χ2v) is 9.05. The molecule has 3 rings (SSSR count). The first-order chi connectivity index (χ1) is 15.3. The summed E-state index contributed by atoms with van der Waals surface area (Å²) in [7, 11) is -3.81. The van der Waals surface area contributed by atoms with Crippen molar-refractivity contribution in [3.8, 4) is 5.75 Å². The first kappa shape index (κ1) is 23.3. The van der Waals surface area contributed by atoms with Crippen LogP contribution >= 0.6 is 15.9 Å². The highest BCUT2D eigenvalue weighted by Gasteiger charge is 2.15. The highest BCUT2D eigenvalue weighted by molar-refractivity contribution is 9.10. The van der Waals surface area contributed by atoms with E-state index in [-0.39, 0.29) is 10.6 Å². The van der Waals surface area contributed by atoms with Gasteiger partial charge in [-0.15, -0.1) is 0 Å². The average molecular weight is 516 g/mol. The van der Waals surface area contributed by atoms with Crippen molar-refractivity contribution in [1.82, 2.24) is 10.1 Å². The van der Waals surface area contributed by atoms with E-state index in [0.29, 0.717) is 15.6 Å². The summed E-state index contributed by atoms with van der Waals surface area (Å²) in [6, 6.07) is 21.1. The highest BCUT2D eigenvalue weighted by atomic mass is 79.9. The lowest BCUT2D eigenvalue weighted by Crippen LogP contribution is -2.34. The molecule has 0 saturated carbocycles. The minimum absolute atomic E-state index is 0.0512. The number of esters is 1. The molecular formula is C22H18BrN3O5S. The fourth-order valence-electron chi connectivity index (χ4n) is 2.50. The van der Waals surface area contributed by atoms with Crippen molar-refractivity contribution in [2.45, 2.75) is 4.90 Å². The SMILES string of the molecule is O=C(CNS(=O)(=O)c1ccccc1)NN=Cc1cc(Br)ccc1OC(=O)c1ccccc1.